The Labute approximate surface area is 147 Å². The van der Waals surface area contributed by atoms with E-state index in [-0.39, 0.29) is 23.9 Å². The zero-order valence-corrected chi connectivity index (χ0v) is 14.3. The Morgan fingerprint density at radius 1 is 1.24 bits per heavy atom. The molecule has 2 amide bonds. The minimum absolute atomic E-state index is 0.0143. The first kappa shape index (κ1) is 16.6. The van der Waals surface area contributed by atoms with Crippen molar-refractivity contribution < 1.29 is 13.9 Å². The molecule has 136 valence electrons. The fraction of sp³-hybridized carbons (Fsp3) is 0.667. The zero-order valence-electron chi connectivity index (χ0n) is 14.3. The van der Waals surface area contributed by atoms with Crippen LogP contribution in [0, 0.1) is 11.7 Å². The second-order valence-corrected chi connectivity index (χ2v) is 7.33. The second-order valence-electron chi connectivity index (χ2n) is 7.33. The predicted octanol–water partition coefficient (Wildman–Crippen LogP) is 2.06. The lowest BCUT2D eigenvalue weighted by atomic mass is 10.0. The van der Waals surface area contributed by atoms with Gasteiger partial charge in [-0.15, -0.1) is 0 Å². The van der Waals surface area contributed by atoms with Gasteiger partial charge in [0.05, 0.1) is 6.10 Å². The molecule has 4 rings (SSSR count). The van der Waals surface area contributed by atoms with Crippen molar-refractivity contribution >= 4 is 11.8 Å². The second kappa shape index (κ2) is 7.15. The summed E-state index contributed by atoms with van der Waals surface area (Å²) in [4.78, 5) is 18.3. The third kappa shape index (κ3) is 4.03. The molecule has 3 atom stereocenters. The molecule has 3 aliphatic rings. The fourth-order valence-electron chi connectivity index (χ4n) is 3.85. The lowest BCUT2D eigenvalue weighted by Crippen LogP contribution is -2.49. The smallest absolute Gasteiger partial charge is 0.315 e. The first-order chi connectivity index (χ1) is 12.2. The largest absolute Gasteiger partial charge is 0.378 e. The van der Waals surface area contributed by atoms with Crippen LogP contribution in [0.4, 0.5) is 15.0 Å². The van der Waals surface area contributed by atoms with E-state index in [4.69, 9.17) is 4.74 Å². The summed E-state index contributed by atoms with van der Waals surface area (Å²) in [7, 11) is 0. The lowest BCUT2D eigenvalue weighted by Gasteiger charge is -2.30. The molecule has 1 aliphatic carbocycles. The monoisotopic (exact) mass is 348 g/mol. The Hall–Kier alpha value is -1.89. The third-order valence-electron chi connectivity index (χ3n) is 5.36. The molecule has 3 fully saturated rings. The summed E-state index contributed by atoms with van der Waals surface area (Å²) in [5.74, 6) is 0.745. The van der Waals surface area contributed by atoms with E-state index in [0.717, 1.165) is 25.9 Å². The van der Waals surface area contributed by atoms with Gasteiger partial charge in [-0.3, -0.25) is 0 Å². The van der Waals surface area contributed by atoms with Gasteiger partial charge in [-0.05, 0) is 50.2 Å². The normalized spacial score (nSPS) is 29.5. The van der Waals surface area contributed by atoms with Crippen molar-refractivity contribution in [2.24, 2.45) is 5.92 Å². The standard InChI is InChI=1S/C18H25FN4O2/c19-15-2-1-7-20-17(15)23-8-5-14(11-23)22-18(24)21-13-6-9-25-16(10-13)12-3-4-12/h1-2,7,12-14,16H,3-6,8-11H2,(H2,21,22,24)/t13-,14-,16-/m1/s1. The number of rotatable bonds is 4. The highest BCUT2D eigenvalue weighted by Gasteiger charge is 2.36. The van der Waals surface area contributed by atoms with Crippen LogP contribution in [-0.2, 0) is 4.74 Å². The van der Waals surface area contributed by atoms with Gasteiger partial charge in [0.1, 0.15) is 0 Å². The van der Waals surface area contributed by atoms with Crippen LogP contribution in [0.3, 0.4) is 0 Å². The van der Waals surface area contributed by atoms with Crippen LogP contribution in [0.5, 0.6) is 0 Å². The van der Waals surface area contributed by atoms with Gasteiger partial charge < -0.3 is 20.3 Å². The Morgan fingerprint density at radius 3 is 2.88 bits per heavy atom. The Kier molecular flexibility index (Phi) is 4.74. The number of carbonyl (C=O) groups is 1. The highest BCUT2D eigenvalue weighted by molar-refractivity contribution is 5.74. The minimum atomic E-state index is -0.319. The number of urea groups is 1. The van der Waals surface area contributed by atoms with Gasteiger partial charge in [0.25, 0.3) is 0 Å². The van der Waals surface area contributed by atoms with Gasteiger partial charge in [0.2, 0.25) is 0 Å². The predicted molar refractivity (Wildman–Crippen MR) is 92.0 cm³/mol. The van der Waals surface area contributed by atoms with Crippen LogP contribution in [0.15, 0.2) is 18.3 Å². The maximum absolute atomic E-state index is 13.8. The molecule has 0 bridgehead atoms. The molecular weight excluding hydrogens is 323 g/mol. The number of nitrogens with one attached hydrogen (secondary N) is 2. The number of nitrogens with zero attached hydrogens (tertiary/aromatic N) is 2. The highest BCUT2D eigenvalue weighted by Crippen LogP contribution is 2.38. The summed E-state index contributed by atoms with van der Waals surface area (Å²) in [6.07, 6.45) is 6.99. The van der Waals surface area contributed by atoms with E-state index in [1.807, 2.05) is 4.90 Å². The number of anilines is 1. The minimum Gasteiger partial charge on any atom is -0.378 e. The van der Waals surface area contributed by atoms with Crippen LogP contribution >= 0.6 is 0 Å². The summed E-state index contributed by atoms with van der Waals surface area (Å²) in [6.45, 7) is 2.00. The zero-order chi connectivity index (χ0) is 17.2. The van der Waals surface area contributed by atoms with Crippen LogP contribution in [0.2, 0.25) is 0 Å². The van der Waals surface area contributed by atoms with E-state index in [9.17, 15) is 9.18 Å². The molecule has 1 aromatic heterocycles. The molecular formula is C18H25FN4O2. The van der Waals surface area contributed by atoms with Gasteiger partial charge in [0.15, 0.2) is 11.6 Å². The first-order valence-electron chi connectivity index (χ1n) is 9.23. The number of hydrogen-bond acceptors (Lipinski definition) is 4. The third-order valence-corrected chi connectivity index (χ3v) is 5.36. The number of aromatic nitrogens is 1. The summed E-state index contributed by atoms with van der Waals surface area (Å²) in [6, 6.07) is 3.07. The molecule has 3 heterocycles. The van der Waals surface area contributed by atoms with Gasteiger partial charge in [0, 0.05) is 38.0 Å². The van der Waals surface area contributed by atoms with E-state index >= 15 is 0 Å². The molecule has 2 aliphatic heterocycles. The first-order valence-corrected chi connectivity index (χ1v) is 9.23. The quantitative estimate of drug-likeness (QED) is 0.874. The molecule has 2 N–H and O–H groups in total. The van der Waals surface area contributed by atoms with Crippen LogP contribution in [0.25, 0.3) is 0 Å². The SMILES string of the molecule is O=C(N[C@@H]1CCO[C@@H](C2CC2)C1)N[C@@H]1CCN(c2ncccc2F)C1. The molecule has 25 heavy (non-hydrogen) atoms. The van der Waals surface area contributed by atoms with Crippen LogP contribution < -0.4 is 15.5 Å². The highest BCUT2D eigenvalue weighted by atomic mass is 19.1. The van der Waals surface area contributed by atoms with Crippen molar-refractivity contribution in [2.75, 3.05) is 24.6 Å². The van der Waals surface area contributed by atoms with Gasteiger partial charge in [-0.25, -0.2) is 14.2 Å². The van der Waals surface area contributed by atoms with Crippen molar-refractivity contribution in [1.82, 2.24) is 15.6 Å². The van der Waals surface area contributed by atoms with Gasteiger partial charge in [-0.2, -0.15) is 0 Å². The maximum atomic E-state index is 13.8. The lowest BCUT2D eigenvalue weighted by molar-refractivity contribution is -0.00917. The Bertz CT molecular complexity index is 625. The number of ether oxygens (including phenoxy) is 1. The fourth-order valence-corrected chi connectivity index (χ4v) is 3.85. The molecule has 7 heteroatoms. The molecule has 2 saturated heterocycles. The number of pyridine rings is 1. The Morgan fingerprint density at radius 2 is 2.08 bits per heavy atom. The molecule has 1 saturated carbocycles. The molecule has 6 nitrogen and oxygen atoms in total. The van der Waals surface area contributed by atoms with E-state index in [2.05, 4.69) is 15.6 Å². The molecule has 1 aromatic rings. The Balaban J connectivity index is 1.25. The van der Waals surface area contributed by atoms with Crippen LogP contribution in [-0.4, -0.2) is 48.9 Å². The summed E-state index contributed by atoms with van der Waals surface area (Å²) < 4.78 is 19.6. The van der Waals surface area contributed by atoms with Crippen molar-refractivity contribution in [3.8, 4) is 0 Å². The number of amides is 2. The van der Waals surface area contributed by atoms with Crippen molar-refractivity contribution in [1.29, 1.82) is 0 Å². The maximum Gasteiger partial charge on any atom is 0.315 e. The number of carbonyl (C=O) groups excluding carboxylic acids is 1. The van der Waals surface area contributed by atoms with Gasteiger partial charge >= 0.3 is 6.03 Å². The summed E-state index contributed by atoms with van der Waals surface area (Å²) in [5, 5.41) is 6.11. The molecule has 0 aromatic carbocycles. The average molecular weight is 348 g/mol. The average Bonchev–Trinajstić information content (AvgIpc) is 3.36. The molecule has 0 unspecified atom stereocenters. The van der Waals surface area contributed by atoms with Gasteiger partial charge in [-0.1, -0.05) is 0 Å². The van der Waals surface area contributed by atoms with Crippen molar-refractivity contribution in [3.63, 3.8) is 0 Å². The van der Waals surface area contributed by atoms with Crippen LogP contribution in [0.1, 0.15) is 32.1 Å². The van der Waals surface area contributed by atoms with E-state index in [0.29, 0.717) is 30.9 Å². The van der Waals surface area contributed by atoms with Crippen molar-refractivity contribution in [3.05, 3.63) is 24.1 Å². The summed E-state index contributed by atoms with van der Waals surface area (Å²) >= 11 is 0. The topological polar surface area (TPSA) is 66.5 Å². The van der Waals surface area contributed by atoms with E-state index < -0.39 is 0 Å². The van der Waals surface area contributed by atoms with E-state index in [1.54, 1.807) is 12.3 Å². The molecule has 0 spiro atoms. The summed E-state index contributed by atoms with van der Waals surface area (Å²) in [5.41, 5.74) is 0. The van der Waals surface area contributed by atoms with E-state index in [1.165, 1.54) is 18.9 Å². The van der Waals surface area contributed by atoms with Crippen molar-refractivity contribution in [2.45, 2.75) is 50.3 Å². The molecule has 0 radical (unpaired) electrons. The number of hydrogen-bond donors (Lipinski definition) is 2. The number of halogens is 1.